The molecule has 110 valence electrons. The Hall–Kier alpha value is -2.53. The summed E-state index contributed by atoms with van der Waals surface area (Å²) in [5.74, 6) is -0.473. The van der Waals surface area contributed by atoms with Crippen LogP contribution in [-0.2, 0) is 0 Å². The molecule has 4 nitrogen and oxygen atoms in total. The Morgan fingerprint density at radius 2 is 2.14 bits per heavy atom. The van der Waals surface area contributed by atoms with Crippen LogP contribution >= 0.6 is 0 Å². The number of rotatable bonds is 2. The second-order valence-corrected chi connectivity index (χ2v) is 5.33. The molecule has 4 heterocycles. The fraction of sp³-hybridized carbons (Fsp3) is 0.176. The summed E-state index contributed by atoms with van der Waals surface area (Å²) in [5.41, 5.74) is 4.68. The summed E-state index contributed by atoms with van der Waals surface area (Å²) in [5, 5.41) is 4.27. The average Bonchev–Trinajstić information content (AvgIpc) is 3.00. The molecule has 0 aliphatic carbocycles. The van der Waals surface area contributed by atoms with E-state index in [0.717, 1.165) is 41.8 Å². The molecule has 0 bridgehead atoms. The lowest BCUT2D eigenvalue weighted by Crippen LogP contribution is -2.20. The molecule has 4 rings (SSSR count). The van der Waals surface area contributed by atoms with Crippen LogP contribution in [0, 0.1) is 5.95 Å². The van der Waals surface area contributed by atoms with Crippen LogP contribution < -0.4 is 5.32 Å². The van der Waals surface area contributed by atoms with Gasteiger partial charge >= 0.3 is 0 Å². The maximum atomic E-state index is 13.4. The molecule has 0 saturated carbocycles. The van der Waals surface area contributed by atoms with E-state index >= 15 is 0 Å². The minimum atomic E-state index is -0.473. The number of H-pyrrole nitrogens is 1. The molecule has 1 aliphatic heterocycles. The second-order valence-electron chi connectivity index (χ2n) is 5.33. The summed E-state index contributed by atoms with van der Waals surface area (Å²) >= 11 is 0. The normalized spacial score (nSPS) is 15.0. The highest BCUT2D eigenvalue weighted by molar-refractivity contribution is 5.94. The number of hydrogen-bond donors (Lipinski definition) is 2. The van der Waals surface area contributed by atoms with Crippen LogP contribution in [0.3, 0.4) is 0 Å². The fourth-order valence-corrected chi connectivity index (χ4v) is 2.85. The number of nitrogens with one attached hydrogen (secondary N) is 2. The van der Waals surface area contributed by atoms with Gasteiger partial charge in [-0.2, -0.15) is 4.39 Å². The van der Waals surface area contributed by atoms with E-state index in [1.807, 2.05) is 12.1 Å². The predicted octanol–water partition coefficient (Wildman–Crippen LogP) is 3.14. The maximum Gasteiger partial charge on any atom is 0.213 e. The van der Waals surface area contributed by atoms with Crippen LogP contribution in [0.15, 0.2) is 42.6 Å². The molecule has 3 aromatic rings. The van der Waals surface area contributed by atoms with Crippen molar-refractivity contribution < 1.29 is 4.39 Å². The van der Waals surface area contributed by atoms with E-state index in [1.165, 1.54) is 11.6 Å². The first-order valence-electron chi connectivity index (χ1n) is 7.32. The zero-order valence-corrected chi connectivity index (χ0v) is 11.9. The molecule has 0 amide bonds. The number of aromatic nitrogens is 3. The molecule has 0 atom stereocenters. The first-order chi connectivity index (χ1) is 10.8. The highest BCUT2D eigenvalue weighted by Crippen LogP contribution is 2.30. The summed E-state index contributed by atoms with van der Waals surface area (Å²) in [6.07, 6.45) is 4.90. The van der Waals surface area contributed by atoms with Crippen molar-refractivity contribution >= 4 is 16.6 Å². The third-order valence-corrected chi connectivity index (χ3v) is 3.93. The van der Waals surface area contributed by atoms with Gasteiger partial charge < -0.3 is 10.3 Å². The van der Waals surface area contributed by atoms with Gasteiger partial charge in [0, 0.05) is 29.4 Å². The predicted molar refractivity (Wildman–Crippen MR) is 84.7 cm³/mol. The summed E-state index contributed by atoms with van der Waals surface area (Å²) in [6, 6.07) is 8.80. The number of pyridine rings is 2. The van der Waals surface area contributed by atoms with Crippen LogP contribution in [0.5, 0.6) is 0 Å². The second kappa shape index (κ2) is 5.35. The zero-order chi connectivity index (χ0) is 14.9. The smallest absolute Gasteiger partial charge is 0.213 e. The SMILES string of the molecule is Fc1cccc(-c2ccnc3[nH]c(C4=CCNCC4)cc23)n1. The Bertz CT molecular complexity index is 866. The lowest BCUT2D eigenvalue weighted by atomic mass is 10.0. The minimum Gasteiger partial charge on any atom is -0.339 e. The maximum absolute atomic E-state index is 13.4. The third-order valence-electron chi connectivity index (χ3n) is 3.93. The molecule has 0 radical (unpaired) electrons. The molecule has 2 N–H and O–H groups in total. The van der Waals surface area contributed by atoms with Gasteiger partial charge in [-0.05, 0) is 42.8 Å². The first kappa shape index (κ1) is 13.2. The van der Waals surface area contributed by atoms with E-state index in [9.17, 15) is 4.39 Å². The Kier molecular flexibility index (Phi) is 3.20. The quantitative estimate of drug-likeness (QED) is 0.714. The van der Waals surface area contributed by atoms with Gasteiger partial charge in [-0.25, -0.2) is 9.97 Å². The Morgan fingerprint density at radius 1 is 1.18 bits per heavy atom. The monoisotopic (exact) mass is 294 g/mol. The molecule has 0 saturated heterocycles. The van der Waals surface area contributed by atoms with Crippen molar-refractivity contribution in [3.63, 3.8) is 0 Å². The van der Waals surface area contributed by atoms with Crippen molar-refractivity contribution in [2.45, 2.75) is 6.42 Å². The molecule has 3 aromatic heterocycles. The van der Waals surface area contributed by atoms with E-state index in [2.05, 4.69) is 32.4 Å². The van der Waals surface area contributed by atoms with Gasteiger partial charge in [-0.3, -0.25) is 0 Å². The molecule has 0 spiro atoms. The summed E-state index contributed by atoms with van der Waals surface area (Å²) in [7, 11) is 0. The van der Waals surface area contributed by atoms with Crippen LogP contribution in [-0.4, -0.2) is 28.0 Å². The van der Waals surface area contributed by atoms with Crippen molar-refractivity contribution in [3.8, 4) is 11.3 Å². The largest absolute Gasteiger partial charge is 0.339 e. The fourth-order valence-electron chi connectivity index (χ4n) is 2.85. The first-order valence-corrected chi connectivity index (χ1v) is 7.32. The average molecular weight is 294 g/mol. The van der Waals surface area contributed by atoms with Crippen LogP contribution in [0.4, 0.5) is 4.39 Å². The molecule has 0 aromatic carbocycles. The van der Waals surface area contributed by atoms with Crippen molar-refractivity contribution in [2.24, 2.45) is 0 Å². The van der Waals surface area contributed by atoms with Crippen LogP contribution in [0.2, 0.25) is 0 Å². The molecule has 0 unspecified atom stereocenters. The van der Waals surface area contributed by atoms with E-state index in [-0.39, 0.29) is 0 Å². The lowest BCUT2D eigenvalue weighted by molar-refractivity contribution is 0.585. The van der Waals surface area contributed by atoms with Crippen molar-refractivity contribution in [1.29, 1.82) is 0 Å². The van der Waals surface area contributed by atoms with Crippen LogP contribution in [0.25, 0.3) is 27.9 Å². The molecule has 22 heavy (non-hydrogen) atoms. The van der Waals surface area contributed by atoms with E-state index in [0.29, 0.717) is 5.69 Å². The molecule has 5 heteroatoms. The number of hydrogen-bond acceptors (Lipinski definition) is 3. The van der Waals surface area contributed by atoms with Gasteiger partial charge in [0.05, 0.1) is 5.69 Å². The number of fused-ring (bicyclic) bond motifs is 1. The van der Waals surface area contributed by atoms with Gasteiger partial charge in [0.1, 0.15) is 5.65 Å². The van der Waals surface area contributed by atoms with Crippen molar-refractivity contribution in [2.75, 3.05) is 13.1 Å². The topological polar surface area (TPSA) is 53.6 Å². The number of aromatic amines is 1. The lowest BCUT2D eigenvalue weighted by Gasteiger charge is -2.12. The summed E-state index contributed by atoms with van der Waals surface area (Å²) in [6.45, 7) is 1.86. The molecule has 0 fully saturated rings. The molecular formula is C17H15FN4. The standard InChI is InChI=1S/C17H15FN4/c18-16-3-1-2-14(21-16)12-6-9-20-17-13(12)10-15(22-17)11-4-7-19-8-5-11/h1-4,6,9-10,19H,5,7-8H2,(H,20,22). The van der Waals surface area contributed by atoms with Gasteiger partial charge in [0.15, 0.2) is 0 Å². The van der Waals surface area contributed by atoms with E-state index < -0.39 is 5.95 Å². The number of halogens is 1. The minimum absolute atomic E-state index is 0.473. The zero-order valence-electron chi connectivity index (χ0n) is 11.9. The van der Waals surface area contributed by atoms with Gasteiger partial charge in [0.2, 0.25) is 5.95 Å². The summed E-state index contributed by atoms with van der Waals surface area (Å²) < 4.78 is 13.4. The van der Waals surface area contributed by atoms with Crippen molar-refractivity contribution in [1.82, 2.24) is 20.3 Å². The third kappa shape index (κ3) is 2.29. The highest BCUT2D eigenvalue weighted by Gasteiger charge is 2.13. The summed E-state index contributed by atoms with van der Waals surface area (Å²) in [4.78, 5) is 11.7. The molecule has 1 aliphatic rings. The van der Waals surface area contributed by atoms with Gasteiger partial charge in [-0.1, -0.05) is 12.1 Å². The van der Waals surface area contributed by atoms with E-state index in [4.69, 9.17) is 0 Å². The van der Waals surface area contributed by atoms with Gasteiger partial charge in [-0.15, -0.1) is 0 Å². The number of nitrogens with zero attached hydrogens (tertiary/aromatic N) is 2. The van der Waals surface area contributed by atoms with Crippen molar-refractivity contribution in [3.05, 3.63) is 54.2 Å². The van der Waals surface area contributed by atoms with E-state index in [1.54, 1.807) is 12.3 Å². The van der Waals surface area contributed by atoms with Crippen LogP contribution in [0.1, 0.15) is 12.1 Å². The van der Waals surface area contributed by atoms with Gasteiger partial charge in [0.25, 0.3) is 0 Å². The Balaban J connectivity index is 1.86. The highest BCUT2D eigenvalue weighted by atomic mass is 19.1. The Labute approximate surface area is 127 Å². The molecular weight excluding hydrogens is 279 g/mol. The Morgan fingerprint density at radius 3 is 2.95 bits per heavy atom.